The monoisotopic (exact) mass is 456 g/mol. The maximum absolute atomic E-state index is 14.0. The van der Waals surface area contributed by atoms with Crippen molar-refractivity contribution < 1.29 is 9.59 Å². The molecule has 0 unspecified atom stereocenters. The summed E-state index contributed by atoms with van der Waals surface area (Å²) in [5, 5.41) is 0.526. The van der Waals surface area contributed by atoms with Gasteiger partial charge in [-0.15, -0.1) is 0 Å². The fourth-order valence-corrected chi connectivity index (χ4v) is 4.92. The highest BCUT2D eigenvalue weighted by Crippen LogP contribution is 2.41. The summed E-state index contributed by atoms with van der Waals surface area (Å²) < 4.78 is 0. The van der Waals surface area contributed by atoms with Crippen molar-refractivity contribution in [2.24, 2.45) is 0 Å². The van der Waals surface area contributed by atoms with E-state index in [1.54, 1.807) is 18.2 Å². The van der Waals surface area contributed by atoms with E-state index in [0.717, 1.165) is 35.2 Å². The molecule has 5 rings (SSSR count). The van der Waals surface area contributed by atoms with Crippen LogP contribution in [0.25, 0.3) is 5.57 Å². The zero-order chi connectivity index (χ0) is 23.3. The molecule has 0 saturated heterocycles. The van der Waals surface area contributed by atoms with Crippen LogP contribution < -0.4 is 9.80 Å². The summed E-state index contributed by atoms with van der Waals surface area (Å²) in [6.07, 6.45) is 1.87. The second kappa shape index (κ2) is 8.20. The molecular weight excluding hydrogens is 432 g/mol. The molecule has 5 heteroatoms. The predicted octanol–water partition coefficient (Wildman–Crippen LogP) is 6.00. The van der Waals surface area contributed by atoms with Crippen LogP contribution in [0.15, 0.2) is 66.4 Å². The largest absolute Gasteiger partial charge is 0.336 e. The van der Waals surface area contributed by atoms with Crippen molar-refractivity contribution in [3.05, 3.63) is 99.2 Å². The van der Waals surface area contributed by atoms with Crippen molar-refractivity contribution in [2.45, 2.75) is 33.6 Å². The Morgan fingerprint density at radius 1 is 0.818 bits per heavy atom. The van der Waals surface area contributed by atoms with E-state index in [2.05, 4.69) is 6.07 Å². The van der Waals surface area contributed by atoms with Crippen LogP contribution in [-0.2, 0) is 16.0 Å². The van der Waals surface area contributed by atoms with Crippen LogP contribution >= 0.6 is 11.6 Å². The summed E-state index contributed by atoms with van der Waals surface area (Å²) in [7, 11) is 0. The first-order chi connectivity index (χ1) is 15.9. The number of fused-ring (bicyclic) bond motifs is 1. The Labute approximate surface area is 199 Å². The minimum absolute atomic E-state index is 0.310. The number of halogens is 1. The first-order valence-corrected chi connectivity index (χ1v) is 11.6. The molecule has 0 atom stereocenters. The number of carbonyl (C=O) groups is 2. The van der Waals surface area contributed by atoms with Gasteiger partial charge in [0.05, 0.1) is 11.3 Å². The highest BCUT2D eigenvalue weighted by Gasteiger charge is 2.44. The Morgan fingerprint density at radius 2 is 1.58 bits per heavy atom. The number of hydrogen-bond acceptors (Lipinski definition) is 3. The smallest absolute Gasteiger partial charge is 0.282 e. The summed E-state index contributed by atoms with van der Waals surface area (Å²) in [6, 6.07) is 19.4. The van der Waals surface area contributed by atoms with Gasteiger partial charge < -0.3 is 4.90 Å². The van der Waals surface area contributed by atoms with Crippen molar-refractivity contribution >= 4 is 40.4 Å². The van der Waals surface area contributed by atoms with Gasteiger partial charge in [-0.25, -0.2) is 4.90 Å². The van der Waals surface area contributed by atoms with Crippen LogP contribution in [0, 0.1) is 20.8 Å². The van der Waals surface area contributed by atoms with Gasteiger partial charge in [-0.3, -0.25) is 9.59 Å². The quantitative estimate of drug-likeness (QED) is 0.453. The maximum atomic E-state index is 14.0. The van der Waals surface area contributed by atoms with Gasteiger partial charge in [-0.2, -0.15) is 0 Å². The van der Waals surface area contributed by atoms with E-state index in [1.807, 2.05) is 62.1 Å². The van der Waals surface area contributed by atoms with Crippen LogP contribution in [-0.4, -0.2) is 18.4 Å². The van der Waals surface area contributed by atoms with Crippen LogP contribution in [0.2, 0.25) is 5.02 Å². The zero-order valence-corrected chi connectivity index (χ0v) is 19.7. The number of rotatable bonds is 3. The van der Waals surface area contributed by atoms with Crippen molar-refractivity contribution in [1.29, 1.82) is 0 Å². The van der Waals surface area contributed by atoms with Crippen molar-refractivity contribution in [1.82, 2.24) is 0 Å². The Balaban J connectivity index is 1.74. The van der Waals surface area contributed by atoms with Gasteiger partial charge in [0.25, 0.3) is 11.8 Å². The summed E-state index contributed by atoms with van der Waals surface area (Å²) in [6.45, 7) is 6.58. The van der Waals surface area contributed by atoms with E-state index in [0.29, 0.717) is 34.1 Å². The number of benzene rings is 3. The molecule has 2 heterocycles. The summed E-state index contributed by atoms with van der Waals surface area (Å²) >= 11 is 6.36. The molecule has 0 saturated carbocycles. The molecule has 2 aliphatic heterocycles. The number of carbonyl (C=O) groups excluding carboxylic acids is 2. The molecule has 0 aliphatic carbocycles. The zero-order valence-electron chi connectivity index (χ0n) is 19.0. The topological polar surface area (TPSA) is 40.6 Å². The highest BCUT2D eigenvalue weighted by atomic mass is 35.5. The second-order valence-corrected chi connectivity index (χ2v) is 9.14. The van der Waals surface area contributed by atoms with E-state index in [9.17, 15) is 9.59 Å². The van der Waals surface area contributed by atoms with E-state index >= 15 is 0 Å². The molecule has 4 nitrogen and oxygen atoms in total. The Bertz CT molecular complexity index is 1340. The van der Waals surface area contributed by atoms with Gasteiger partial charge in [0.15, 0.2) is 0 Å². The molecular formula is C28H25ClN2O2. The first kappa shape index (κ1) is 21.5. The molecule has 3 aromatic carbocycles. The third-order valence-electron chi connectivity index (χ3n) is 6.72. The van der Waals surface area contributed by atoms with E-state index in [-0.39, 0.29) is 11.8 Å². The number of aryl methyl sites for hydroxylation is 3. The van der Waals surface area contributed by atoms with Crippen LogP contribution in [0.5, 0.6) is 0 Å². The van der Waals surface area contributed by atoms with Gasteiger partial charge in [-0.05, 0) is 79.6 Å². The summed E-state index contributed by atoms with van der Waals surface area (Å²) in [4.78, 5) is 31.2. The standard InChI is InChI=1S/C28H25ClN2O2/c1-17-13-14-21(16-18(17)2)25-26(30-15-7-9-20-8-4-5-11-24(20)30)28(33)31(27(25)32)23-12-6-10-22(29)19(23)3/h4-6,8,10-14,16H,7,9,15H2,1-3H3. The van der Waals surface area contributed by atoms with Crippen LogP contribution in [0.3, 0.4) is 0 Å². The maximum Gasteiger partial charge on any atom is 0.282 e. The number of amides is 2. The third-order valence-corrected chi connectivity index (χ3v) is 7.12. The minimum atomic E-state index is -0.313. The van der Waals surface area contributed by atoms with Crippen LogP contribution in [0.4, 0.5) is 11.4 Å². The van der Waals surface area contributed by atoms with Crippen molar-refractivity contribution in [3.8, 4) is 0 Å². The molecule has 33 heavy (non-hydrogen) atoms. The number of nitrogens with zero attached hydrogens (tertiary/aromatic N) is 2. The second-order valence-electron chi connectivity index (χ2n) is 8.74. The predicted molar refractivity (Wildman–Crippen MR) is 134 cm³/mol. The molecule has 0 N–H and O–H groups in total. The van der Waals surface area contributed by atoms with Crippen molar-refractivity contribution in [2.75, 3.05) is 16.3 Å². The van der Waals surface area contributed by atoms with Gasteiger partial charge in [0.2, 0.25) is 0 Å². The van der Waals surface area contributed by atoms with E-state index < -0.39 is 0 Å². The lowest BCUT2D eigenvalue weighted by Crippen LogP contribution is -2.37. The fourth-order valence-electron chi connectivity index (χ4n) is 4.75. The van der Waals surface area contributed by atoms with E-state index in [4.69, 9.17) is 11.6 Å². The molecule has 0 fully saturated rings. The lowest BCUT2D eigenvalue weighted by molar-refractivity contribution is -0.120. The summed E-state index contributed by atoms with van der Waals surface area (Å²) in [5.74, 6) is -0.623. The average Bonchev–Trinajstić information content (AvgIpc) is 3.07. The SMILES string of the molecule is Cc1ccc(C2=C(N3CCCc4ccccc43)C(=O)N(c3cccc(Cl)c3C)C2=O)cc1C. The number of anilines is 2. The average molecular weight is 457 g/mol. The minimum Gasteiger partial charge on any atom is -0.336 e. The van der Waals surface area contributed by atoms with Gasteiger partial charge in [-0.1, -0.05) is 54.1 Å². The third kappa shape index (κ3) is 3.46. The van der Waals surface area contributed by atoms with E-state index in [1.165, 1.54) is 10.5 Å². The van der Waals surface area contributed by atoms with Crippen molar-refractivity contribution in [3.63, 3.8) is 0 Å². The normalized spacial score (nSPS) is 16.0. The summed E-state index contributed by atoms with van der Waals surface area (Å²) in [5.41, 5.74) is 7.28. The lowest BCUT2D eigenvalue weighted by Gasteiger charge is -2.32. The van der Waals surface area contributed by atoms with Gasteiger partial charge >= 0.3 is 0 Å². The molecule has 0 spiro atoms. The highest BCUT2D eigenvalue weighted by molar-refractivity contribution is 6.46. The first-order valence-electron chi connectivity index (χ1n) is 11.2. The fraction of sp³-hybridized carbons (Fsp3) is 0.214. The molecule has 2 aliphatic rings. The number of imide groups is 1. The Morgan fingerprint density at radius 3 is 2.36 bits per heavy atom. The molecule has 0 aromatic heterocycles. The van der Waals surface area contributed by atoms with Gasteiger partial charge in [0, 0.05) is 17.3 Å². The number of para-hydroxylation sites is 1. The Kier molecular flexibility index (Phi) is 5.34. The molecule has 2 amide bonds. The number of hydrogen-bond donors (Lipinski definition) is 0. The molecule has 0 radical (unpaired) electrons. The van der Waals surface area contributed by atoms with Gasteiger partial charge in [0.1, 0.15) is 5.70 Å². The molecule has 3 aromatic rings. The van der Waals surface area contributed by atoms with Crippen LogP contribution in [0.1, 0.15) is 34.2 Å². The Hall–Kier alpha value is -3.37. The molecule has 0 bridgehead atoms. The molecule has 166 valence electrons. The lowest BCUT2D eigenvalue weighted by atomic mass is 9.97.